The van der Waals surface area contributed by atoms with E-state index >= 15 is 0 Å². The second-order valence-corrected chi connectivity index (χ2v) is 8.52. The number of halogens is 2. The van der Waals surface area contributed by atoms with Crippen LogP contribution < -0.4 is 5.32 Å². The SMILES string of the molecule is O=C(Nc1nnc(-c2ccc(Cl)cc2)s1)[C@H]1CCCN(Cc2ccc(F)cc2)C1. The van der Waals surface area contributed by atoms with E-state index in [-0.39, 0.29) is 17.6 Å². The molecule has 1 aliphatic heterocycles. The Labute approximate surface area is 177 Å². The average Bonchev–Trinajstić information content (AvgIpc) is 3.19. The van der Waals surface area contributed by atoms with E-state index in [1.165, 1.54) is 23.5 Å². The molecule has 0 bridgehead atoms. The molecule has 1 aliphatic rings. The lowest BCUT2D eigenvalue weighted by atomic mass is 9.97. The van der Waals surface area contributed by atoms with Gasteiger partial charge in [0.2, 0.25) is 11.0 Å². The van der Waals surface area contributed by atoms with Crippen LogP contribution in [0.5, 0.6) is 0 Å². The largest absolute Gasteiger partial charge is 0.300 e. The summed E-state index contributed by atoms with van der Waals surface area (Å²) < 4.78 is 13.1. The zero-order valence-corrected chi connectivity index (χ0v) is 17.2. The number of carbonyl (C=O) groups excluding carboxylic acids is 1. The molecule has 1 atom stereocenters. The van der Waals surface area contributed by atoms with Crippen molar-refractivity contribution in [3.05, 3.63) is 64.9 Å². The first-order chi connectivity index (χ1) is 14.1. The molecule has 1 amide bonds. The number of likely N-dealkylation sites (tertiary alicyclic amines) is 1. The summed E-state index contributed by atoms with van der Waals surface area (Å²) in [5.74, 6) is -0.376. The smallest absolute Gasteiger partial charge is 0.230 e. The maximum Gasteiger partial charge on any atom is 0.230 e. The summed E-state index contributed by atoms with van der Waals surface area (Å²) in [6, 6.07) is 13.9. The molecule has 1 fully saturated rings. The number of anilines is 1. The zero-order valence-electron chi connectivity index (χ0n) is 15.6. The van der Waals surface area contributed by atoms with E-state index in [1.807, 2.05) is 12.1 Å². The third-order valence-corrected chi connectivity index (χ3v) is 6.08. The molecule has 0 spiro atoms. The van der Waals surface area contributed by atoms with Gasteiger partial charge in [-0.15, -0.1) is 10.2 Å². The number of aromatic nitrogens is 2. The van der Waals surface area contributed by atoms with Crippen LogP contribution in [0.2, 0.25) is 5.02 Å². The van der Waals surface area contributed by atoms with Crippen LogP contribution in [-0.4, -0.2) is 34.1 Å². The van der Waals surface area contributed by atoms with Crippen molar-refractivity contribution in [1.29, 1.82) is 0 Å². The summed E-state index contributed by atoms with van der Waals surface area (Å²) in [6.07, 6.45) is 1.79. The first-order valence-corrected chi connectivity index (χ1v) is 10.6. The predicted octanol–water partition coefficient (Wildman–Crippen LogP) is 4.85. The van der Waals surface area contributed by atoms with Crippen molar-refractivity contribution in [2.24, 2.45) is 5.92 Å². The second-order valence-electron chi connectivity index (χ2n) is 7.11. The molecule has 0 saturated carbocycles. The highest BCUT2D eigenvalue weighted by atomic mass is 35.5. The van der Waals surface area contributed by atoms with Crippen LogP contribution in [0.25, 0.3) is 10.6 Å². The minimum Gasteiger partial charge on any atom is -0.300 e. The van der Waals surface area contributed by atoms with Crippen LogP contribution in [0.4, 0.5) is 9.52 Å². The number of nitrogens with one attached hydrogen (secondary N) is 1. The van der Waals surface area contributed by atoms with Crippen LogP contribution in [-0.2, 0) is 11.3 Å². The summed E-state index contributed by atoms with van der Waals surface area (Å²) >= 11 is 7.26. The highest BCUT2D eigenvalue weighted by Gasteiger charge is 2.26. The van der Waals surface area contributed by atoms with Gasteiger partial charge in [0.1, 0.15) is 10.8 Å². The van der Waals surface area contributed by atoms with Crippen LogP contribution in [0.3, 0.4) is 0 Å². The number of amides is 1. The molecule has 1 N–H and O–H groups in total. The van der Waals surface area contributed by atoms with Crippen LogP contribution in [0.1, 0.15) is 18.4 Å². The topological polar surface area (TPSA) is 58.1 Å². The Balaban J connectivity index is 1.35. The molecule has 0 aliphatic carbocycles. The molecular weight excluding hydrogens is 411 g/mol. The Bertz CT molecular complexity index is 977. The van der Waals surface area contributed by atoms with E-state index in [9.17, 15) is 9.18 Å². The Kier molecular flexibility index (Phi) is 6.18. The molecule has 0 unspecified atom stereocenters. The van der Waals surface area contributed by atoms with Gasteiger partial charge in [-0.3, -0.25) is 9.69 Å². The van der Waals surface area contributed by atoms with Crippen LogP contribution in [0.15, 0.2) is 48.5 Å². The highest BCUT2D eigenvalue weighted by Crippen LogP contribution is 2.28. The Morgan fingerprint density at radius 3 is 2.69 bits per heavy atom. The molecule has 29 heavy (non-hydrogen) atoms. The lowest BCUT2D eigenvalue weighted by Crippen LogP contribution is -2.40. The number of benzene rings is 2. The third-order valence-electron chi connectivity index (χ3n) is 4.94. The van der Waals surface area contributed by atoms with Crippen LogP contribution in [0, 0.1) is 11.7 Å². The van der Waals surface area contributed by atoms with Crippen molar-refractivity contribution in [3.8, 4) is 10.6 Å². The van der Waals surface area contributed by atoms with Gasteiger partial charge in [-0.1, -0.05) is 47.2 Å². The molecular formula is C21H20ClFN4OS. The molecule has 0 radical (unpaired) electrons. The molecule has 2 heterocycles. The van der Waals surface area contributed by atoms with Gasteiger partial charge < -0.3 is 5.32 Å². The Morgan fingerprint density at radius 1 is 1.17 bits per heavy atom. The molecule has 150 valence electrons. The van der Waals surface area contributed by atoms with Crippen molar-refractivity contribution in [2.45, 2.75) is 19.4 Å². The molecule has 3 aromatic rings. The third kappa shape index (κ3) is 5.18. The number of nitrogens with zero attached hydrogens (tertiary/aromatic N) is 3. The summed E-state index contributed by atoms with van der Waals surface area (Å²) in [4.78, 5) is 15.0. The molecule has 4 rings (SSSR count). The minimum atomic E-state index is -0.236. The fourth-order valence-corrected chi connectivity index (χ4v) is 4.33. The van der Waals surface area contributed by atoms with Crippen molar-refractivity contribution in [3.63, 3.8) is 0 Å². The summed E-state index contributed by atoms with van der Waals surface area (Å²) in [5, 5.41) is 13.1. The van der Waals surface area contributed by atoms with Gasteiger partial charge in [0.05, 0.1) is 5.92 Å². The number of piperidine rings is 1. The Hall–Kier alpha value is -2.35. The standard InChI is InChI=1S/C21H20ClFN4OS/c22-17-7-5-15(6-8-17)20-25-26-21(29-20)24-19(28)16-2-1-11-27(13-16)12-14-3-9-18(23)10-4-14/h3-10,16H,1-2,11-13H2,(H,24,26,28)/t16-/m0/s1. The lowest BCUT2D eigenvalue weighted by Gasteiger charge is -2.31. The van der Waals surface area contributed by atoms with Gasteiger partial charge in [0, 0.05) is 23.7 Å². The summed E-state index contributed by atoms with van der Waals surface area (Å²) in [7, 11) is 0. The van der Waals surface area contributed by atoms with E-state index in [2.05, 4.69) is 20.4 Å². The highest BCUT2D eigenvalue weighted by molar-refractivity contribution is 7.18. The fourth-order valence-electron chi connectivity index (χ4n) is 3.45. The fraction of sp³-hybridized carbons (Fsp3) is 0.286. The summed E-state index contributed by atoms with van der Waals surface area (Å²) in [6.45, 7) is 2.32. The molecule has 1 aromatic heterocycles. The average molecular weight is 431 g/mol. The second kappa shape index (κ2) is 8.98. The monoisotopic (exact) mass is 430 g/mol. The number of rotatable bonds is 5. The minimum absolute atomic E-state index is 0.0346. The maximum atomic E-state index is 13.1. The molecule has 5 nitrogen and oxygen atoms in total. The van der Waals surface area contributed by atoms with Gasteiger partial charge in [0.15, 0.2) is 0 Å². The van der Waals surface area contributed by atoms with Gasteiger partial charge >= 0.3 is 0 Å². The predicted molar refractivity (Wildman–Crippen MR) is 113 cm³/mol. The zero-order chi connectivity index (χ0) is 20.2. The Morgan fingerprint density at radius 2 is 1.93 bits per heavy atom. The van der Waals surface area contributed by atoms with Gasteiger partial charge in [0.25, 0.3) is 0 Å². The van der Waals surface area contributed by atoms with E-state index in [0.717, 1.165) is 35.5 Å². The maximum absolute atomic E-state index is 13.1. The van der Waals surface area contributed by atoms with Crippen LogP contribution >= 0.6 is 22.9 Å². The van der Waals surface area contributed by atoms with Crippen molar-refractivity contribution < 1.29 is 9.18 Å². The summed E-state index contributed by atoms with van der Waals surface area (Å²) in [5.41, 5.74) is 1.96. The molecule has 8 heteroatoms. The van der Waals surface area contributed by atoms with Gasteiger partial charge in [-0.05, 0) is 49.2 Å². The first-order valence-electron chi connectivity index (χ1n) is 9.44. The molecule has 1 saturated heterocycles. The number of carbonyl (C=O) groups is 1. The van der Waals surface area contributed by atoms with Gasteiger partial charge in [-0.2, -0.15) is 0 Å². The van der Waals surface area contributed by atoms with Gasteiger partial charge in [-0.25, -0.2) is 4.39 Å². The van der Waals surface area contributed by atoms with E-state index in [0.29, 0.717) is 23.2 Å². The van der Waals surface area contributed by atoms with Crippen molar-refractivity contribution in [1.82, 2.24) is 15.1 Å². The number of hydrogen-bond acceptors (Lipinski definition) is 5. The lowest BCUT2D eigenvalue weighted by molar-refractivity contribution is -0.121. The van der Waals surface area contributed by atoms with E-state index in [4.69, 9.17) is 11.6 Å². The molecule has 2 aromatic carbocycles. The first kappa shape index (κ1) is 19.9. The van der Waals surface area contributed by atoms with Crippen molar-refractivity contribution >= 4 is 34.0 Å². The normalized spacial score (nSPS) is 17.2. The van der Waals surface area contributed by atoms with E-state index in [1.54, 1.807) is 24.3 Å². The quantitative estimate of drug-likeness (QED) is 0.628. The number of hydrogen-bond donors (Lipinski definition) is 1. The van der Waals surface area contributed by atoms with Crippen molar-refractivity contribution in [2.75, 3.05) is 18.4 Å². The van der Waals surface area contributed by atoms with E-state index < -0.39 is 0 Å².